The lowest BCUT2D eigenvalue weighted by molar-refractivity contribution is 0.0990. The smallest absolute Gasteiger partial charge is 0.276 e. The molecule has 9 heteroatoms. The number of H-pyrrole nitrogens is 2. The van der Waals surface area contributed by atoms with Crippen molar-refractivity contribution in [3.05, 3.63) is 94.0 Å². The van der Waals surface area contributed by atoms with Crippen molar-refractivity contribution in [1.82, 2.24) is 24.9 Å². The number of carbonyl (C=O) groups excluding carboxylic acids is 2. The number of imidazole rings is 2. The maximum atomic E-state index is 12.7. The van der Waals surface area contributed by atoms with E-state index in [0.717, 1.165) is 5.56 Å². The number of rotatable bonds is 5. The lowest BCUT2D eigenvalue weighted by Gasteiger charge is -2.01. The average molecular weight is 452 g/mol. The topological polar surface area (TPSA) is 116 Å². The van der Waals surface area contributed by atoms with Crippen LogP contribution in [0.5, 0.6) is 0 Å². The number of benzene rings is 1. The minimum Gasteiger partial charge on any atom is -0.348 e. The first-order valence-corrected chi connectivity index (χ1v) is 10.9. The number of thiophene rings is 1. The van der Waals surface area contributed by atoms with Crippen molar-refractivity contribution in [2.24, 2.45) is 0 Å². The second-order valence-electron chi connectivity index (χ2n) is 7.05. The number of nitrogens with zero attached hydrogens (tertiary/aromatic N) is 3. The molecule has 0 spiro atoms. The SMILES string of the molecule is O=C(Nc1nc2c(C(=O)Cc3ncc[nH]3)cccc2[nH]1)c1cccc(C#Cc2ccsc2)n1. The second kappa shape index (κ2) is 8.90. The van der Waals surface area contributed by atoms with E-state index in [4.69, 9.17) is 0 Å². The van der Waals surface area contributed by atoms with Crippen LogP contribution in [0.2, 0.25) is 0 Å². The van der Waals surface area contributed by atoms with Crippen LogP contribution in [0.3, 0.4) is 0 Å². The number of pyridine rings is 1. The minimum absolute atomic E-state index is 0.126. The Morgan fingerprint density at radius 1 is 1.06 bits per heavy atom. The first-order valence-electron chi connectivity index (χ1n) is 9.98. The number of amides is 1. The lowest BCUT2D eigenvalue weighted by Crippen LogP contribution is -2.15. The van der Waals surface area contributed by atoms with Crippen LogP contribution in [-0.2, 0) is 6.42 Å². The highest BCUT2D eigenvalue weighted by molar-refractivity contribution is 7.08. The number of Topliss-reactive ketones (excluding diaryl/α,β-unsaturated/α-hetero) is 1. The molecule has 5 rings (SSSR count). The third kappa shape index (κ3) is 4.56. The molecule has 1 aromatic carbocycles. The summed E-state index contributed by atoms with van der Waals surface area (Å²) in [5, 5.41) is 6.60. The maximum Gasteiger partial charge on any atom is 0.276 e. The molecule has 4 aromatic heterocycles. The second-order valence-corrected chi connectivity index (χ2v) is 7.83. The number of aromatic nitrogens is 5. The van der Waals surface area contributed by atoms with Crippen LogP contribution < -0.4 is 5.32 Å². The van der Waals surface area contributed by atoms with Crippen LogP contribution in [0.15, 0.2) is 65.6 Å². The third-order valence-electron chi connectivity index (χ3n) is 4.77. The van der Waals surface area contributed by atoms with E-state index < -0.39 is 5.91 Å². The normalized spacial score (nSPS) is 10.5. The predicted octanol–water partition coefficient (Wildman–Crippen LogP) is 3.82. The van der Waals surface area contributed by atoms with Crippen molar-refractivity contribution in [2.75, 3.05) is 5.32 Å². The molecule has 0 fully saturated rings. The van der Waals surface area contributed by atoms with E-state index in [2.05, 4.69) is 42.1 Å². The summed E-state index contributed by atoms with van der Waals surface area (Å²) in [7, 11) is 0. The van der Waals surface area contributed by atoms with Gasteiger partial charge in [-0.1, -0.05) is 18.1 Å². The van der Waals surface area contributed by atoms with Gasteiger partial charge in [0.25, 0.3) is 5.91 Å². The molecule has 8 nitrogen and oxygen atoms in total. The molecule has 0 aliphatic heterocycles. The van der Waals surface area contributed by atoms with Crippen LogP contribution in [0.4, 0.5) is 5.95 Å². The van der Waals surface area contributed by atoms with Crippen LogP contribution in [-0.4, -0.2) is 36.6 Å². The van der Waals surface area contributed by atoms with Gasteiger partial charge in [-0.3, -0.25) is 14.9 Å². The highest BCUT2D eigenvalue weighted by Crippen LogP contribution is 2.20. The van der Waals surface area contributed by atoms with Gasteiger partial charge in [-0.2, -0.15) is 11.3 Å². The molecule has 0 atom stereocenters. The number of fused-ring (bicyclic) bond motifs is 1. The zero-order valence-electron chi connectivity index (χ0n) is 17.1. The number of aromatic amines is 2. The Bertz CT molecular complexity index is 1510. The van der Waals surface area contributed by atoms with Crippen LogP contribution >= 0.6 is 11.3 Å². The molecule has 3 N–H and O–H groups in total. The summed E-state index contributed by atoms with van der Waals surface area (Å²) in [5.74, 6) is 6.22. The zero-order chi connectivity index (χ0) is 22.6. The number of carbonyl (C=O) groups is 2. The van der Waals surface area contributed by atoms with E-state index in [9.17, 15) is 9.59 Å². The van der Waals surface area contributed by atoms with Crippen LogP contribution in [0, 0.1) is 11.8 Å². The highest BCUT2D eigenvalue weighted by atomic mass is 32.1. The van der Waals surface area contributed by atoms with Gasteiger partial charge in [0.05, 0.1) is 11.9 Å². The molecule has 160 valence electrons. The summed E-state index contributed by atoms with van der Waals surface area (Å²) in [6, 6.07) is 12.3. The quantitative estimate of drug-likeness (QED) is 0.277. The molecule has 0 bridgehead atoms. The molecule has 0 saturated heterocycles. The van der Waals surface area contributed by atoms with Crippen molar-refractivity contribution in [1.29, 1.82) is 0 Å². The van der Waals surface area contributed by atoms with Crippen LogP contribution in [0.25, 0.3) is 11.0 Å². The fourth-order valence-corrected chi connectivity index (χ4v) is 3.82. The summed E-state index contributed by atoms with van der Waals surface area (Å²) >= 11 is 1.57. The fraction of sp³-hybridized carbons (Fsp3) is 0.0417. The average Bonchev–Trinajstić information content (AvgIpc) is 3.59. The van der Waals surface area contributed by atoms with Crippen molar-refractivity contribution in [2.45, 2.75) is 6.42 Å². The molecule has 0 aliphatic rings. The van der Waals surface area contributed by atoms with Gasteiger partial charge in [-0.25, -0.2) is 15.0 Å². The first-order chi connectivity index (χ1) is 16.2. The van der Waals surface area contributed by atoms with Crippen molar-refractivity contribution < 1.29 is 9.59 Å². The highest BCUT2D eigenvalue weighted by Gasteiger charge is 2.17. The molecular formula is C24H16N6O2S. The van der Waals surface area contributed by atoms with E-state index in [-0.39, 0.29) is 23.8 Å². The van der Waals surface area contributed by atoms with Gasteiger partial charge in [0.1, 0.15) is 22.7 Å². The molecule has 33 heavy (non-hydrogen) atoms. The molecule has 4 heterocycles. The van der Waals surface area contributed by atoms with Gasteiger partial charge in [0.15, 0.2) is 5.78 Å². The van der Waals surface area contributed by atoms with Gasteiger partial charge >= 0.3 is 0 Å². The minimum atomic E-state index is -0.434. The third-order valence-corrected chi connectivity index (χ3v) is 5.45. The zero-order valence-corrected chi connectivity index (χ0v) is 17.9. The maximum absolute atomic E-state index is 12.7. The fourth-order valence-electron chi connectivity index (χ4n) is 3.23. The first kappa shape index (κ1) is 20.4. The molecular weight excluding hydrogens is 436 g/mol. The predicted molar refractivity (Wildman–Crippen MR) is 125 cm³/mol. The Hall–Kier alpha value is -4.55. The molecule has 0 unspecified atom stereocenters. The van der Waals surface area contributed by atoms with E-state index >= 15 is 0 Å². The Labute approximate surface area is 192 Å². The van der Waals surface area contributed by atoms with E-state index in [1.165, 1.54) is 0 Å². The van der Waals surface area contributed by atoms with Crippen molar-refractivity contribution >= 4 is 40.0 Å². The molecule has 0 aliphatic carbocycles. The summed E-state index contributed by atoms with van der Waals surface area (Å²) in [6.45, 7) is 0. The Kier molecular flexibility index (Phi) is 5.49. The molecule has 0 saturated carbocycles. The number of nitrogens with one attached hydrogen (secondary N) is 3. The van der Waals surface area contributed by atoms with Gasteiger partial charge in [0, 0.05) is 28.9 Å². The van der Waals surface area contributed by atoms with Gasteiger partial charge < -0.3 is 9.97 Å². The number of hydrogen-bond acceptors (Lipinski definition) is 6. The summed E-state index contributed by atoms with van der Waals surface area (Å²) in [5.41, 5.74) is 3.17. The van der Waals surface area contributed by atoms with Crippen LogP contribution in [0.1, 0.15) is 37.9 Å². The number of anilines is 1. The number of hydrogen-bond donors (Lipinski definition) is 3. The van der Waals surface area contributed by atoms with E-state index in [1.807, 2.05) is 16.8 Å². The summed E-state index contributed by atoms with van der Waals surface area (Å²) in [4.78, 5) is 44.3. The van der Waals surface area contributed by atoms with Gasteiger partial charge in [-0.15, -0.1) is 0 Å². The van der Waals surface area contributed by atoms with Crippen molar-refractivity contribution in [3.63, 3.8) is 0 Å². The summed E-state index contributed by atoms with van der Waals surface area (Å²) < 4.78 is 0. The molecule has 0 radical (unpaired) electrons. The van der Waals surface area contributed by atoms with Gasteiger partial charge in [0.2, 0.25) is 5.95 Å². The molecule has 1 amide bonds. The lowest BCUT2D eigenvalue weighted by atomic mass is 10.1. The Balaban J connectivity index is 1.36. The monoisotopic (exact) mass is 452 g/mol. The van der Waals surface area contributed by atoms with E-state index in [1.54, 1.807) is 60.1 Å². The number of para-hydroxylation sites is 1. The summed E-state index contributed by atoms with van der Waals surface area (Å²) in [6.07, 6.45) is 3.40. The molecule has 5 aromatic rings. The van der Waals surface area contributed by atoms with Crippen molar-refractivity contribution in [3.8, 4) is 11.8 Å². The Morgan fingerprint density at radius 3 is 2.79 bits per heavy atom. The standard InChI is InChI=1S/C24H16N6O2S/c31-20(13-21-25-10-11-26-21)17-4-2-5-18-22(17)29-24(28-18)30-23(32)19-6-1-3-16(27-19)8-7-15-9-12-33-14-15/h1-6,9-12,14H,13H2,(H,25,26)(H2,28,29,30,32). The largest absolute Gasteiger partial charge is 0.348 e. The number of ketones is 1. The van der Waals surface area contributed by atoms with E-state index in [0.29, 0.717) is 28.1 Å². The van der Waals surface area contributed by atoms with Gasteiger partial charge in [-0.05, 0) is 41.6 Å². The Morgan fingerprint density at radius 2 is 1.97 bits per heavy atom.